The molecule has 1 fully saturated rings. The van der Waals surface area contributed by atoms with E-state index in [1.165, 1.54) is 17.7 Å². The van der Waals surface area contributed by atoms with Crippen LogP contribution in [0.4, 0.5) is 0 Å². The van der Waals surface area contributed by atoms with Gasteiger partial charge in [-0.25, -0.2) is 0 Å². The SMILES string of the molecule is COCC(NC(C)c1cccs1)C1CC1. The van der Waals surface area contributed by atoms with Gasteiger partial charge in [-0.2, -0.15) is 0 Å². The molecule has 0 amide bonds. The van der Waals surface area contributed by atoms with Gasteiger partial charge in [0.2, 0.25) is 0 Å². The lowest BCUT2D eigenvalue weighted by molar-refractivity contribution is 0.152. The maximum absolute atomic E-state index is 5.26. The lowest BCUT2D eigenvalue weighted by Crippen LogP contribution is -2.36. The standard InChI is InChI=1S/C12H19NOS/c1-9(12-4-3-7-15-12)13-11(8-14-2)10-5-6-10/h3-4,7,9-11,13H,5-6,8H2,1-2H3. The lowest BCUT2D eigenvalue weighted by Gasteiger charge is -2.21. The monoisotopic (exact) mass is 225 g/mol. The Balaban J connectivity index is 1.88. The molecule has 1 heterocycles. The molecule has 1 aliphatic rings. The fourth-order valence-electron chi connectivity index (χ4n) is 1.94. The van der Waals surface area contributed by atoms with Crippen molar-refractivity contribution in [1.82, 2.24) is 5.32 Å². The van der Waals surface area contributed by atoms with Crippen molar-refractivity contribution in [2.45, 2.75) is 31.8 Å². The summed E-state index contributed by atoms with van der Waals surface area (Å²) < 4.78 is 5.26. The quantitative estimate of drug-likeness (QED) is 0.804. The molecule has 1 aromatic rings. The molecule has 0 bridgehead atoms. The fraction of sp³-hybridized carbons (Fsp3) is 0.667. The molecule has 0 spiro atoms. The van der Waals surface area contributed by atoms with Crippen molar-refractivity contribution in [3.63, 3.8) is 0 Å². The first-order valence-corrected chi connectivity index (χ1v) is 6.47. The first-order chi connectivity index (χ1) is 7.31. The van der Waals surface area contributed by atoms with E-state index in [-0.39, 0.29) is 0 Å². The van der Waals surface area contributed by atoms with Crippen LogP contribution in [-0.2, 0) is 4.74 Å². The Kier molecular flexibility index (Phi) is 3.78. The van der Waals surface area contributed by atoms with Crippen molar-refractivity contribution in [2.75, 3.05) is 13.7 Å². The smallest absolute Gasteiger partial charge is 0.0618 e. The zero-order chi connectivity index (χ0) is 10.7. The molecule has 0 aliphatic heterocycles. The Morgan fingerprint density at radius 3 is 2.93 bits per heavy atom. The van der Waals surface area contributed by atoms with E-state index in [4.69, 9.17) is 4.74 Å². The van der Waals surface area contributed by atoms with Crippen LogP contribution >= 0.6 is 11.3 Å². The second kappa shape index (κ2) is 5.10. The largest absolute Gasteiger partial charge is 0.383 e. The summed E-state index contributed by atoms with van der Waals surface area (Å²) in [5, 5.41) is 5.80. The lowest BCUT2D eigenvalue weighted by atomic mass is 10.1. The van der Waals surface area contributed by atoms with Crippen LogP contribution in [0, 0.1) is 5.92 Å². The van der Waals surface area contributed by atoms with Crippen LogP contribution in [0.25, 0.3) is 0 Å². The van der Waals surface area contributed by atoms with Gasteiger partial charge in [0.25, 0.3) is 0 Å². The third-order valence-corrected chi connectivity index (χ3v) is 4.03. The zero-order valence-corrected chi connectivity index (χ0v) is 10.2. The molecule has 1 N–H and O–H groups in total. The zero-order valence-electron chi connectivity index (χ0n) is 9.40. The van der Waals surface area contributed by atoms with E-state index >= 15 is 0 Å². The molecule has 1 aliphatic carbocycles. The highest BCUT2D eigenvalue weighted by atomic mass is 32.1. The molecule has 84 valence electrons. The molecule has 2 atom stereocenters. The van der Waals surface area contributed by atoms with Gasteiger partial charge in [0.05, 0.1) is 6.61 Å². The number of hydrogen-bond acceptors (Lipinski definition) is 3. The number of hydrogen-bond donors (Lipinski definition) is 1. The topological polar surface area (TPSA) is 21.3 Å². The summed E-state index contributed by atoms with van der Waals surface area (Å²) in [5.74, 6) is 0.840. The van der Waals surface area contributed by atoms with E-state index in [2.05, 4.69) is 29.8 Å². The summed E-state index contributed by atoms with van der Waals surface area (Å²) >= 11 is 1.82. The first kappa shape index (κ1) is 11.1. The number of nitrogens with one attached hydrogen (secondary N) is 1. The molecule has 2 rings (SSSR count). The second-order valence-electron chi connectivity index (χ2n) is 4.30. The predicted octanol–water partition coefficient (Wildman–Crippen LogP) is 2.82. The fourth-order valence-corrected chi connectivity index (χ4v) is 2.68. The van der Waals surface area contributed by atoms with Crippen molar-refractivity contribution in [3.8, 4) is 0 Å². The summed E-state index contributed by atoms with van der Waals surface area (Å²) in [6.45, 7) is 3.07. The molecule has 1 saturated carbocycles. The second-order valence-corrected chi connectivity index (χ2v) is 5.28. The minimum Gasteiger partial charge on any atom is -0.383 e. The van der Waals surface area contributed by atoms with E-state index in [0.29, 0.717) is 12.1 Å². The van der Waals surface area contributed by atoms with Gasteiger partial charge in [0.1, 0.15) is 0 Å². The number of methoxy groups -OCH3 is 1. The van der Waals surface area contributed by atoms with E-state index in [1.54, 1.807) is 7.11 Å². The molecule has 1 aromatic heterocycles. The van der Waals surface area contributed by atoms with E-state index in [0.717, 1.165) is 12.5 Å². The summed E-state index contributed by atoms with van der Waals surface area (Å²) in [6, 6.07) is 5.29. The van der Waals surface area contributed by atoms with Gasteiger partial charge in [0.15, 0.2) is 0 Å². The van der Waals surface area contributed by atoms with Gasteiger partial charge in [-0.05, 0) is 37.1 Å². The first-order valence-electron chi connectivity index (χ1n) is 5.59. The molecular formula is C12H19NOS. The van der Waals surface area contributed by atoms with Crippen LogP contribution in [0.15, 0.2) is 17.5 Å². The van der Waals surface area contributed by atoms with Crippen molar-refractivity contribution >= 4 is 11.3 Å². The maximum Gasteiger partial charge on any atom is 0.0618 e. The summed E-state index contributed by atoms with van der Waals surface area (Å²) in [5.41, 5.74) is 0. The van der Waals surface area contributed by atoms with Gasteiger partial charge in [0, 0.05) is 24.1 Å². The van der Waals surface area contributed by atoms with Crippen molar-refractivity contribution in [2.24, 2.45) is 5.92 Å². The number of rotatable bonds is 6. The minimum absolute atomic E-state index is 0.450. The molecule has 0 radical (unpaired) electrons. The van der Waals surface area contributed by atoms with Crippen LogP contribution in [-0.4, -0.2) is 19.8 Å². The number of thiophene rings is 1. The van der Waals surface area contributed by atoms with E-state index in [9.17, 15) is 0 Å². The normalized spacial score (nSPS) is 20.1. The molecule has 2 nitrogen and oxygen atoms in total. The Morgan fingerprint density at radius 1 is 1.60 bits per heavy atom. The molecule has 2 unspecified atom stereocenters. The highest BCUT2D eigenvalue weighted by Crippen LogP contribution is 2.34. The Hall–Kier alpha value is -0.380. The summed E-state index contributed by atoms with van der Waals surface area (Å²) in [4.78, 5) is 1.41. The predicted molar refractivity (Wildman–Crippen MR) is 64.3 cm³/mol. The van der Waals surface area contributed by atoms with Crippen LogP contribution in [0.5, 0.6) is 0 Å². The highest BCUT2D eigenvalue weighted by Gasteiger charge is 2.31. The van der Waals surface area contributed by atoms with Crippen LogP contribution in [0.3, 0.4) is 0 Å². The van der Waals surface area contributed by atoms with Crippen LogP contribution in [0.2, 0.25) is 0 Å². The molecule has 15 heavy (non-hydrogen) atoms. The van der Waals surface area contributed by atoms with E-state index < -0.39 is 0 Å². The van der Waals surface area contributed by atoms with E-state index in [1.807, 2.05) is 11.3 Å². The Morgan fingerprint density at radius 2 is 2.40 bits per heavy atom. The highest BCUT2D eigenvalue weighted by molar-refractivity contribution is 7.10. The van der Waals surface area contributed by atoms with Crippen molar-refractivity contribution in [3.05, 3.63) is 22.4 Å². The summed E-state index contributed by atoms with van der Waals surface area (Å²) in [7, 11) is 1.78. The number of ether oxygens (including phenoxy) is 1. The van der Waals surface area contributed by atoms with Gasteiger partial charge in [-0.1, -0.05) is 6.07 Å². The molecule has 0 aromatic carbocycles. The average molecular weight is 225 g/mol. The Labute approximate surface area is 95.6 Å². The average Bonchev–Trinajstić information content (AvgIpc) is 2.92. The third kappa shape index (κ3) is 3.03. The molecule has 0 saturated heterocycles. The van der Waals surface area contributed by atoms with Crippen LogP contribution < -0.4 is 5.32 Å². The van der Waals surface area contributed by atoms with Gasteiger partial charge in [-0.15, -0.1) is 11.3 Å². The van der Waals surface area contributed by atoms with Crippen molar-refractivity contribution < 1.29 is 4.74 Å². The third-order valence-electron chi connectivity index (χ3n) is 2.97. The molecule has 3 heteroatoms. The van der Waals surface area contributed by atoms with Gasteiger partial charge < -0.3 is 10.1 Å². The van der Waals surface area contributed by atoms with Crippen molar-refractivity contribution in [1.29, 1.82) is 0 Å². The maximum atomic E-state index is 5.26. The van der Waals surface area contributed by atoms with Gasteiger partial charge in [-0.3, -0.25) is 0 Å². The van der Waals surface area contributed by atoms with Gasteiger partial charge >= 0.3 is 0 Å². The molecular weight excluding hydrogens is 206 g/mol. The Bertz CT molecular complexity index is 282. The summed E-state index contributed by atoms with van der Waals surface area (Å²) in [6.07, 6.45) is 2.72. The minimum atomic E-state index is 0.450. The van der Waals surface area contributed by atoms with Crippen LogP contribution in [0.1, 0.15) is 30.7 Å².